The van der Waals surface area contributed by atoms with Crippen LogP contribution in [0.1, 0.15) is 27.2 Å². The van der Waals surface area contributed by atoms with Crippen LogP contribution in [0.4, 0.5) is 5.82 Å². The molecule has 132 valence electrons. The highest BCUT2D eigenvalue weighted by atomic mass is 16.2. The summed E-state index contributed by atoms with van der Waals surface area (Å²) in [6.07, 6.45) is 3.51. The molecular formula is C20H21N5O. The lowest BCUT2D eigenvalue weighted by Crippen LogP contribution is -2.37. The van der Waals surface area contributed by atoms with E-state index in [1.807, 2.05) is 55.5 Å². The molecule has 0 unspecified atom stereocenters. The van der Waals surface area contributed by atoms with Crippen molar-refractivity contribution in [3.8, 4) is 0 Å². The summed E-state index contributed by atoms with van der Waals surface area (Å²) < 4.78 is 0. The van der Waals surface area contributed by atoms with Crippen molar-refractivity contribution >= 4 is 11.7 Å². The van der Waals surface area contributed by atoms with Crippen molar-refractivity contribution in [1.82, 2.24) is 20.8 Å². The van der Waals surface area contributed by atoms with E-state index < -0.39 is 0 Å². The summed E-state index contributed by atoms with van der Waals surface area (Å²) in [5.74, 6) is 0.315. The molecule has 0 bridgehead atoms. The average molecular weight is 347 g/mol. The van der Waals surface area contributed by atoms with Crippen LogP contribution in [0.5, 0.6) is 0 Å². The predicted octanol–water partition coefficient (Wildman–Crippen LogP) is 2.83. The molecule has 2 heterocycles. The second-order valence-electron chi connectivity index (χ2n) is 5.86. The molecular weight excluding hydrogens is 326 g/mol. The number of hydrogen-bond acceptors (Lipinski definition) is 5. The molecule has 1 aromatic carbocycles. The molecule has 0 aliphatic rings. The van der Waals surface area contributed by atoms with Crippen molar-refractivity contribution in [2.45, 2.75) is 20.0 Å². The van der Waals surface area contributed by atoms with Gasteiger partial charge in [0.25, 0.3) is 5.91 Å². The highest BCUT2D eigenvalue weighted by Crippen LogP contribution is 2.14. The lowest BCUT2D eigenvalue weighted by Gasteiger charge is -2.13. The van der Waals surface area contributed by atoms with Crippen molar-refractivity contribution < 1.29 is 4.79 Å². The summed E-state index contributed by atoms with van der Waals surface area (Å²) in [6, 6.07) is 17.3. The Labute approximate surface area is 152 Å². The SMILES string of the molecule is Cc1ccc(C(=O)NNCc2ccccc2)c(NCc2cccnc2)n1. The molecule has 2 aromatic heterocycles. The van der Waals surface area contributed by atoms with E-state index in [9.17, 15) is 4.79 Å². The fourth-order valence-electron chi connectivity index (χ4n) is 2.45. The van der Waals surface area contributed by atoms with Gasteiger partial charge in [-0.05, 0) is 36.2 Å². The summed E-state index contributed by atoms with van der Waals surface area (Å²) in [7, 11) is 0. The number of benzene rings is 1. The smallest absolute Gasteiger partial charge is 0.269 e. The largest absolute Gasteiger partial charge is 0.365 e. The third-order valence-electron chi connectivity index (χ3n) is 3.80. The molecule has 3 N–H and O–H groups in total. The van der Waals surface area contributed by atoms with E-state index in [-0.39, 0.29) is 5.91 Å². The van der Waals surface area contributed by atoms with E-state index in [1.165, 1.54) is 0 Å². The summed E-state index contributed by atoms with van der Waals surface area (Å²) >= 11 is 0. The Hall–Kier alpha value is -3.25. The second kappa shape index (κ2) is 8.73. The number of amides is 1. The molecule has 0 aliphatic carbocycles. The zero-order valence-corrected chi connectivity index (χ0v) is 14.6. The summed E-state index contributed by atoms with van der Waals surface area (Å²) in [4.78, 5) is 21.1. The maximum atomic E-state index is 12.5. The van der Waals surface area contributed by atoms with E-state index >= 15 is 0 Å². The Morgan fingerprint density at radius 2 is 1.77 bits per heavy atom. The first kappa shape index (κ1) is 17.6. The van der Waals surface area contributed by atoms with Crippen LogP contribution in [0.15, 0.2) is 67.0 Å². The highest BCUT2D eigenvalue weighted by molar-refractivity contribution is 5.98. The van der Waals surface area contributed by atoms with Gasteiger partial charge >= 0.3 is 0 Å². The van der Waals surface area contributed by atoms with Crippen LogP contribution in [0, 0.1) is 6.92 Å². The van der Waals surface area contributed by atoms with Gasteiger partial charge in [0.15, 0.2) is 0 Å². The van der Waals surface area contributed by atoms with Gasteiger partial charge in [-0.25, -0.2) is 10.4 Å². The Bertz CT molecular complexity index is 853. The highest BCUT2D eigenvalue weighted by Gasteiger charge is 2.12. The summed E-state index contributed by atoms with van der Waals surface area (Å²) in [6.45, 7) is 2.98. The monoisotopic (exact) mass is 347 g/mol. The number of nitrogens with one attached hydrogen (secondary N) is 3. The second-order valence-corrected chi connectivity index (χ2v) is 5.86. The van der Waals surface area contributed by atoms with E-state index in [0.29, 0.717) is 24.5 Å². The molecule has 3 aromatic rings. The number of hydrogen-bond donors (Lipinski definition) is 3. The number of pyridine rings is 2. The topological polar surface area (TPSA) is 78.9 Å². The molecule has 0 radical (unpaired) electrons. The number of hydrazine groups is 1. The minimum atomic E-state index is -0.234. The van der Waals surface area contributed by atoms with Crippen LogP contribution in [0.3, 0.4) is 0 Å². The minimum absolute atomic E-state index is 0.234. The zero-order chi connectivity index (χ0) is 18.2. The van der Waals surface area contributed by atoms with Gasteiger partial charge in [0.2, 0.25) is 0 Å². The van der Waals surface area contributed by atoms with Gasteiger partial charge in [-0.2, -0.15) is 0 Å². The number of carbonyl (C=O) groups excluding carboxylic acids is 1. The van der Waals surface area contributed by atoms with Crippen molar-refractivity contribution in [2.75, 3.05) is 5.32 Å². The lowest BCUT2D eigenvalue weighted by molar-refractivity contribution is 0.0932. The number of aromatic nitrogens is 2. The van der Waals surface area contributed by atoms with E-state index in [0.717, 1.165) is 16.8 Å². The van der Waals surface area contributed by atoms with Gasteiger partial charge in [-0.3, -0.25) is 15.2 Å². The number of aryl methyl sites for hydroxylation is 1. The first-order valence-electron chi connectivity index (χ1n) is 8.40. The van der Waals surface area contributed by atoms with E-state index in [2.05, 4.69) is 26.1 Å². The fourth-order valence-corrected chi connectivity index (χ4v) is 2.45. The van der Waals surface area contributed by atoms with Crippen LogP contribution >= 0.6 is 0 Å². The number of anilines is 1. The van der Waals surface area contributed by atoms with Crippen LogP contribution in [0.2, 0.25) is 0 Å². The first-order valence-corrected chi connectivity index (χ1v) is 8.40. The van der Waals surface area contributed by atoms with Gasteiger partial charge < -0.3 is 5.32 Å². The molecule has 0 saturated carbocycles. The molecule has 6 nitrogen and oxygen atoms in total. The quantitative estimate of drug-likeness (QED) is 0.573. The average Bonchev–Trinajstić information content (AvgIpc) is 2.68. The predicted molar refractivity (Wildman–Crippen MR) is 101 cm³/mol. The first-order chi connectivity index (χ1) is 12.7. The fraction of sp³-hybridized carbons (Fsp3) is 0.150. The Morgan fingerprint density at radius 1 is 0.962 bits per heavy atom. The maximum absolute atomic E-state index is 12.5. The Morgan fingerprint density at radius 3 is 2.54 bits per heavy atom. The van der Waals surface area contributed by atoms with E-state index in [1.54, 1.807) is 18.5 Å². The zero-order valence-electron chi connectivity index (χ0n) is 14.6. The standard InChI is InChI=1S/C20H21N5O/c1-15-9-10-18(19(24-15)22-13-17-8-5-11-21-12-17)20(26)25-23-14-16-6-3-2-4-7-16/h2-12,23H,13-14H2,1H3,(H,22,24)(H,25,26). The number of carbonyl (C=O) groups is 1. The summed E-state index contributed by atoms with van der Waals surface area (Å²) in [5, 5.41) is 3.22. The molecule has 0 atom stereocenters. The van der Waals surface area contributed by atoms with Crippen LogP contribution in [0.25, 0.3) is 0 Å². The minimum Gasteiger partial charge on any atom is -0.365 e. The molecule has 6 heteroatoms. The molecule has 0 saturated heterocycles. The van der Waals surface area contributed by atoms with Gasteiger partial charge in [-0.15, -0.1) is 0 Å². The van der Waals surface area contributed by atoms with Crippen LogP contribution in [-0.2, 0) is 13.1 Å². The normalized spacial score (nSPS) is 10.3. The Balaban J connectivity index is 1.63. The van der Waals surface area contributed by atoms with Crippen molar-refractivity contribution in [3.63, 3.8) is 0 Å². The van der Waals surface area contributed by atoms with Gasteiger partial charge in [0.1, 0.15) is 5.82 Å². The van der Waals surface area contributed by atoms with Crippen LogP contribution in [-0.4, -0.2) is 15.9 Å². The molecule has 26 heavy (non-hydrogen) atoms. The van der Waals surface area contributed by atoms with Crippen molar-refractivity contribution in [1.29, 1.82) is 0 Å². The van der Waals surface area contributed by atoms with Crippen molar-refractivity contribution in [2.24, 2.45) is 0 Å². The number of rotatable bonds is 7. The number of nitrogens with zero attached hydrogens (tertiary/aromatic N) is 2. The van der Waals surface area contributed by atoms with Gasteiger partial charge in [-0.1, -0.05) is 36.4 Å². The molecule has 3 rings (SSSR count). The summed E-state index contributed by atoms with van der Waals surface area (Å²) in [5.41, 5.74) is 9.11. The molecule has 0 fully saturated rings. The molecule has 0 aliphatic heterocycles. The third kappa shape index (κ3) is 4.87. The van der Waals surface area contributed by atoms with Gasteiger partial charge in [0, 0.05) is 31.2 Å². The molecule has 1 amide bonds. The van der Waals surface area contributed by atoms with Gasteiger partial charge in [0.05, 0.1) is 5.56 Å². The Kier molecular flexibility index (Phi) is 5.90. The van der Waals surface area contributed by atoms with E-state index in [4.69, 9.17) is 0 Å². The lowest BCUT2D eigenvalue weighted by atomic mass is 10.2. The van der Waals surface area contributed by atoms with Crippen LogP contribution < -0.4 is 16.2 Å². The molecule has 0 spiro atoms. The maximum Gasteiger partial charge on any atom is 0.269 e. The van der Waals surface area contributed by atoms with Crippen molar-refractivity contribution in [3.05, 3.63) is 89.4 Å². The third-order valence-corrected chi connectivity index (χ3v) is 3.80.